The minimum Gasteiger partial charge on any atom is -0.477 e. The summed E-state index contributed by atoms with van der Waals surface area (Å²) in [6.45, 7) is 8.03. The van der Waals surface area contributed by atoms with Crippen LogP contribution in [0.5, 0.6) is 0 Å². The van der Waals surface area contributed by atoms with Gasteiger partial charge in [0.25, 0.3) is 0 Å². The standard InChI is InChI=1S/C16H17NO3.C11H17NO3/c1-2-3-9-13-15(16(18)19)14(20-17-13)11-10-12-7-5-4-6-8-12;1-4-6-7-9-10(8(3)15-12-9)11(13)14-5-2/h4-8,10-11H,2-3,9H2,1H3,(H,18,19);4-7H2,1-3H3/b11-10+;. The SMILES string of the molecule is CCCCc1noc(/C=C/c2ccccc2)c1C(=O)O.CCCCc1noc(C)c1C(=O)OCC. The molecule has 0 saturated carbocycles. The molecule has 0 spiro atoms. The fourth-order valence-electron chi connectivity index (χ4n) is 3.33. The van der Waals surface area contributed by atoms with Crippen LogP contribution < -0.4 is 0 Å². The van der Waals surface area contributed by atoms with Gasteiger partial charge in [0.15, 0.2) is 5.76 Å². The van der Waals surface area contributed by atoms with Crippen LogP contribution in [0.4, 0.5) is 0 Å². The Morgan fingerprint density at radius 3 is 2.09 bits per heavy atom. The third-order valence-electron chi connectivity index (χ3n) is 5.18. The van der Waals surface area contributed by atoms with Crippen LogP contribution in [-0.2, 0) is 17.6 Å². The minimum atomic E-state index is -0.995. The van der Waals surface area contributed by atoms with Crippen molar-refractivity contribution in [3.63, 3.8) is 0 Å². The number of carbonyl (C=O) groups excluding carboxylic acids is 1. The summed E-state index contributed by atoms with van der Waals surface area (Å²) in [7, 11) is 0. The van der Waals surface area contributed by atoms with Crippen LogP contribution in [0.1, 0.15) is 95.6 Å². The number of unbranched alkanes of at least 4 members (excludes halogenated alkanes) is 2. The Morgan fingerprint density at radius 2 is 1.51 bits per heavy atom. The molecule has 3 rings (SSSR count). The molecule has 0 atom stereocenters. The van der Waals surface area contributed by atoms with Crippen molar-refractivity contribution in [3.8, 4) is 0 Å². The second kappa shape index (κ2) is 14.6. The zero-order valence-electron chi connectivity index (χ0n) is 20.9. The van der Waals surface area contributed by atoms with E-state index in [1.54, 1.807) is 19.9 Å². The summed E-state index contributed by atoms with van der Waals surface area (Å²) in [4.78, 5) is 22.9. The molecule has 8 heteroatoms. The maximum absolute atomic E-state index is 11.6. The number of carboxylic acids is 1. The van der Waals surface area contributed by atoms with Gasteiger partial charge in [-0.15, -0.1) is 0 Å². The van der Waals surface area contributed by atoms with Gasteiger partial charge in [0.1, 0.15) is 16.9 Å². The Hall–Kier alpha value is -3.68. The molecule has 0 amide bonds. The van der Waals surface area contributed by atoms with Crippen molar-refractivity contribution in [2.45, 2.75) is 66.2 Å². The molecule has 0 aliphatic heterocycles. The average molecular weight is 483 g/mol. The van der Waals surface area contributed by atoms with Crippen molar-refractivity contribution >= 4 is 24.1 Å². The highest BCUT2D eigenvalue weighted by Crippen LogP contribution is 2.19. The predicted octanol–water partition coefficient (Wildman–Crippen LogP) is 6.39. The van der Waals surface area contributed by atoms with Crippen molar-refractivity contribution in [2.75, 3.05) is 6.61 Å². The molecule has 0 aliphatic rings. The van der Waals surface area contributed by atoms with Crippen molar-refractivity contribution in [3.05, 3.63) is 69.9 Å². The highest BCUT2D eigenvalue weighted by molar-refractivity contribution is 5.93. The van der Waals surface area contributed by atoms with E-state index in [4.69, 9.17) is 13.8 Å². The summed E-state index contributed by atoms with van der Waals surface area (Å²) in [6.07, 6.45) is 8.81. The largest absolute Gasteiger partial charge is 0.477 e. The number of hydrogen-bond acceptors (Lipinski definition) is 7. The predicted molar refractivity (Wildman–Crippen MR) is 133 cm³/mol. The van der Waals surface area contributed by atoms with Gasteiger partial charge in [-0.2, -0.15) is 0 Å². The summed E-state index contributed by atoms with van der Waals surface area (Å²) in [6, 6.07) is 9.64. The average Bonchev–Trinajstić information content (AvgIpc) is 3.44. The molecule has 0 bridgehead atoms. The van der Waals surface area contributed by atoms with Crippen molar-refractivity contribution in [1.82, 2.24) is 10.3 Å². The van der Waals surface area contributed by atoms with E-state index >= 15 is 0 Å². The topological polar surface area (TPSA) is 116 Å². The fourth-order valence-corrected chi connectivity index (χ4v) is 3.33. The number of aryl methyl sites for hydroxylation is 3. The molecule has 0 aliphatic carbocycles. The second-order valence-electron chi connectivity index (χ2n) is 7.91. The number of aromatic nitrogens is 2. The number of carbonyl (C=O) groups is 2. The van der Waals surface area contributed by atoms with Crippen LogP contribution in [0, 0.1) is 6.92 Å². The zero-order valence-corrected chi connectivity index (χ0v) is 20.9. The highest BCUT2D eigenvalue weighted by Gasteiger charge is 2.21. The van der Waals surface area contributed by atoms with E-state index in [1.165, 1.54) is 0 Å². The van der Waals surface area contributed by atoms with Gasteiger partial charge < -0.3 is 18.9 Å². The lowest BCUT2D eigenvalue weighted by molar-refractivity contribution is 0.0522. The quantitative estimate of drug-likeness (QED) is 0.313. The number of aromatic carboxylic acids is 1. The first-order valence-electron chi connectivity index (χ1n) is 12.0. The van der Waals surface area contributed by atoms with Gasteiger partial charge in [0.05, 0.1) is 18.0 Å². The van der Waals surface area contributed by atoms with Crippen LogP contribution in [-0.4, -0.2) is 34.0 Å². The number of ether oxygens (including phenoxy) is 1. The third-order valence-corrected chi connectivity index (χ3v) is 5.18. The van der Waals surface area contributed by atoms with E-state index in [2.05, 4.69) is 24.2 Å². The van der Waals surface area contributed by atoms with E-state index in [0.29, 0.717) is 41.5 Å². The van der Waals surface area contributed by atoms with E-state index in [0.717, 1.165) is 37.7 Å². The molecular formula is C27H34N2O6. The van der Waals surface area contributed by atoms with Crippen molar-refractivity contribution in [2.24, 2.45) is 0 Å². The molecule has 0 saturated heterocycles. The lowest BCUT2D eigenvalue weighted by Gasteiger charge is -2.01. The number of esters is 1. The van der Waals surface area contributed by atoms with Gasteiger partial charge in [0.2, 0.25) is 0 Å². The zero-order chi connectivity index (χ0) is 25.6. The first-order chi connectivity index (χ1) is 16.9. The molecule has 188 valence electrons. The summed E-state index contributed by atoms with van der Waals surface area (Å²) >= 11 is 0. The maximum Gasteiger partial charge on any atom is 0.343 e. The molecule has 0 unspecified atom stereocenters. The molecule has 8 nitrogen and oxygen atoms in total. The van der Waals surface area contributed by atoms with E-state index in [9.17, 15) is 14.7 Å². The van der Waals surface area contributed by atoms with E-state index < -0.39 is 5.97 Å². The molecule has 3 aromatic rings. The summed E-state index contributed by atoms with van der Waals surface area (Å²) in [5.41, 5.74) is 2.89. The number of carboxylic acid groups (broad SMARTS) is 1. The maximum atomic E-state index is 11.6. The Kier molecular flexibility index (Phi) is 11.5. The number of hydrogen-bond donors (Lipinski definition) is 1. The van der Waals surface area contributed by atoms with E-state index in [1.807, 2.05) is 36.4 Å². The van der Waals surface area contributed by atoms with Gasteiger partial charge in [0, 0.05) is 0 Å². The molecule has 2 heterocycles. The summed E-state index contributed by atoms with van der Waals surface area (Å²) < 4.78 is 15.1. The lowest BCUT2D eigenvalue weighted by atomic mass is 10.1. The van der Waals surface area contributed by atoms with Crippen LogP contribution in [0.2, 0.25) is 0 Å². The van der Waals surface area contributed by atoms with Crippen LogP contribution >= 0.6 is 0 Å². The number of benzene rings is 1. The summed E-state index contributed by atoms with van der Waals surface area (Å²) in [5, 5.41) is 17.1. The van der Waals surface area contributed by atoms with E-state index in [-0.39, 0.29) is 11.5 Å². The molecule has 1 aromatic carbocycles. The fraction of sp³-hybridized carbons (Fsp3) is 0.407. The van der Waals surface area contributed by atoms with Gasteiger partial charge in [-0.1, -0.05) is 73.4 Å². The Labute approximate surface area is 205 Å². The minimum absolute atomic E-state index is 0.172. The molecule has 1 N–H and O–H groups in total. The van der Waals surface area contributed by atoms with Crippen LogP contribution in [0.3, 0.4) is 0 Å². The third kappa shape index (κ3) is 8.24. The van der Waals surface area contributed by atoms with Crippen molar-refractivity contribution < 1.29 is 28.5 Å². The van der Waals surface area contributed by atoms with Gasteiger partial charge >= 0.3 is 11.9 Å². The smallest absolute Gasteiger partial charge is 0.343 e. The highest BCUT2D eigenvalue weighted by atomic mass is 16.5. The Morgan fingerprint density at radius 1 is 0.914 bits per heavy atom. The normalized spacial score (nSPS) is 10.7. The Balaban J connectivity index is 0.000000258. The molecular weight excluding hydrogens is 448 g/mol. The van der Waals surface area contributed by atoms with Crippen molar-refractivity contribution in [1.29, 1.82) is 0 Å². The number of rotatable bonds is 11. The first-order valence-corrected chi connectivity index (χ1v) is 12.0. The summed E-state index contributed by atoms with van der Waals surface area (Å²) in [5.74, 6) is -0.487. The molecule has 35 heavy (non-hydrogen) atoms. The molecule has 0 radical (unpaired) electrons. The second-order valence-corrected chi connectivity index (χ2v) is 7.91. The van der Waals surface area contributed by atoms with Crippen LogP contribution in [0.15, 0.2) is 39.4 Å². The Bertz CT molecular complexity index is 1100. The van der Waals surface area contributed by atoms with Gasteiger partial charge in [-0.3, -0.25) is 0 Å². The monoisotopic (exact) mass is 482 g/mol. The van der Waals surface area contributed by atoms with Gasteiger partial charge in [-0.25, -0.2) is 9.59 Å². The molecule has 0 fully saturated rings. The van der Waals surface area contributed by atoms with Gasteiger partial charge in [-0.05, 0) is 51.2 Å². The first kappa shape index (κ1) is 27.6. The lowest BCUT2D eigenvalue weighted by Crippen LogP contribution is -2.08. The molecule has 2 aromatic heterocycles. The van der Waals surface area contributed by atoms with Crippen LogP contribution in [0.25, 0.3) is 12.2 Å². The number of nitrogens with zero attached hydrogens (tertiary/aromatic N) is 2.